The molecule has 0 saturated heterocycles. The molecule has 0 radical (unpaired) electrons. The maximum atomic E-state index is 5.73. The lowest BCUT2D eigenvalue weighted by Gasteiger charge is -2.21. The van der Waals surface area contributed by atoms with E-state index >= 15 is 0 Å². The van der Waals surface area contributed by atoms with Gasteiger partial charge in [0.1, 0.15) is 5.82 Å². The first kappa shape index (κ1) is 13.6. The molecule has 0 spiro atoms. The number of aryl methyl sites for hydroxylation is 1. The number of nitrogens with two attached hydrogens (primary N) is 1. The Bertz CT molecular complexity index is 780. The number of hydrogen-bond acceptors (Lipinski definition) is 3. The van der Waals surface area contributed by atoms with Gasteiger partial charge in [0.05, 0.1) is 5.52 Å². The number of nitrogens with zero attached hydrogens (tertiary/aromatic N) is 2. The van der Waals surface area contributed by atoms with Crippen LogP contribution in [0.4, 0.5) is 11.5 Å². The highest BCUT2D eigenvalue weighted by molar-refractivity contribution is 5.82. The molecule has 3 heteroatoms. The van der Waals surface area contributed by atoms with E-state index in [1.54, 1.807) is 0 Å². The van der Waals surface area contributed by atoms with E-state index in [4.69, 9.17) is 10.7 Å². The van der Waals surface area contributed by atoms with E-state index in [0.717, 1.165) is 28.1 Å². The zero-order chi connectivity index (χ0) is 14.8. The normalized spacial score (nSPS) is 10.8. The van der Waals surface area contributed by atoms with E-state index in [9.17, 15) is 0 Å². The van der Waals surface area contributed by atoms with Crippen molar-refractivity contribution in [3.8, 4) is 0 Å². The van der Waals surface area contributed by atoms with Crippen LogP contribution in [0.25, 0.3) is 10.9 Å². The van der Waals surface area contributed by atoms with Crippen LogP contribution in [0.2, 0.25) is 0 Å². The molecule has 2 aromatic carbocycles. The van der Waals surface area contributed by atoms with E-state index in [1.807, 2.05) is 37.4 Å². The van der Waals surface area contributed by atoms with Crippen LogP contribution in [0.3, 0.4) is 0 Å². The van der Waals surface area contributed by atoms with E-state index in [1.165, 1.54) is 5.39 Å². The van der Waals surface area contributed by atoms with Crippen molar-refractivity contribution in [2.24, 2.45) is 5.73 Å². The highest BCUT2D eigenvalue weighted by atomic mass is 15.2. The van der Waals surface area contributed by atoms with Gasteiger partial charge < -0.3 is 10.6 Å². The lowest BCUT2D eigenvalue weighted by atomic mass is 10.1. The summed E-state index contributed by atoms with van der Waals surface area (Å²) in [5.74, 6) is 0.975. The Morgan fingerprint density at radius 3 is 2.67 bits per heavy atom. The quantitative estimate of drug-likeness (QED) is 0.792. The topological polar surface area (TPSA) is 42.2 Å². The van der Waals surface area contributed by atoms with Crippen LogP contribution in [0.5, 0.6) is 0 Å². The molecule has 0 bridgehead atoms. The van der Waals surface area contributed by atoms with Crippen molar-refractivity contribution in [1.82, 2.24) is 4.98 Å². The van der Waals surface area contributed by atoms with Crippen LogP contribution in [0.15, 0.2) is 54.6 Å². The molecule has 0 amide bonds. The van der Waals surface area contributed by atoms with Gasteiger partial charge in [-0.3, -0.25) is 0 Å². The first-order chi connectivity index (χ1) is 10.2. The molecule has 3 aromatic rings. The van der Waals surface area contributed by atoms with Gasteiger partial charge in [0.2, 0.25) is 0 Å². The average molecular weight is 277 g/mol. The highest BCUT2D eigenvalue weighted by Gasteiger charge is 2.10. The van der Waals surface area contributed by atoms with E-state index in [0.29, 0.717) is 6.54 Å². The van der Waals surface area contributed by atoms with Crippen molar-refractivity contribution >= 4 is 22.4 Å². The summed E-state index contributed by atoms with van der Waals surface area (Å²) in [5.41, 5.74) is 10.1. The molecule has 0 unspecified atom stereocenters. The van der Waals surface area contributed by atoms with Crippen LogP contribution >= 0.6 is 0 Å². The van der Waals surface area contributed by atoms with Crippen molar-refractivity contribution in [2.45, 2.75) is 13.5 Å². The largest absolute Gasteiger partial charge is 0.329 e. The molecular weight excluding hydrogens is 258 g/mol. The number of rotatable bonds is 3. The van der Waals surface area contributed by atoms with Crippen molar-refractivity contribution in [2.75, 3.05) is 11.9 Å². The Morgan fingerprint density at radius 2 is 1.86 bits per heavy atom. The molecule has 0 aliphatic rings. The third-order valence-corrected chi connectivity index (χ3v) is 3.74. The fourth-order valence-corrected chi connectivity index (χ4v) is 2.57. The summed E-state index contributed by atoms with van der Waals surface area (Å²) in [6, 6.07) is 18.6. The predicted molar refractivity (Wildman–Crippen MR) is 88.9 cm³/mol. The van der Waals surface area contributed by atoms with Gasteiger partial charge in [-0.2, -0.15) is 0 Å². The Labute approximate surface area is 125 Å². The first-order valence-electron chi connectivity index (χ1n) is 7.08. The van der Waals surface area contributed by atoms with Crippen molar-refractivity contribution in [1.29, 1.82) is 0 Å². The summed E-state index contributed by atoms with van der Waals surface area (Å²) >= 11 is 0. The van der Waals surface area contributed by atoms with Crippen LogP contribution in [-0.4, -0.2) is 12.0 Å². The Morgan fingerprint density at radius 1 is 1.05 bits per heavy atom. The van der Waals surface area contributed by atoms with E-state index in [2.05, 4.69) is 36.1 Å². The van der Waals surface area contributed by atoms with Gasteiger partial charge >= 0.3 is 0 Å². The van der Waals surface area contributed by atoms with Crippen LogP contribution in [-0.2, 0) is 6.54 Å². The van der Waals surface area contributed by atoms with E-state index < -0.39 is 0 Å². The first-order valence-corrected chi connectivity index (χ1v) is 7.08. The van der Waals surface area contributed by atoms with Crippen molar-refractivity contribution in [3.05, 3.63) is 65.7 Å². The number of pyridine rings is 1. The smallest absolute Gasteiger partial charge is 0.136 e. The van der Waals surface area contributed by atoms with Crippen molar-refractivity contribution < 1.29 is 0 Å². The second-order valence-corrected chi connectivity index (χ2v) is 5.25. The SMILES string of the molecule is Cc1cc2ccccc2nc1N(C)c1cccc(CN)c1. The van der Waals surface area contributed by atoms with Gasteiger partial charge in [-0.05, 0) is 42.3 Å². The molecule has 1 heterocycles. The predicted octanol–water partition coefficient (Wildman–Crippen LogP) is 3.77. The second kappa shape index (κ2) is 5.54. The van der Waals surface area contributed by atoms with Crippen molar-refractivity contribution in [3.63, 3.8) is 0 Å². The number of anilines is 2. The number of fused-ring (bicyclic) bond motifs is 1. The second-order valence-electron chi connectivity index (χ2n) is 5.25. The lowest BCUT2D eigenvalue weighted by molar-refractivity contribution is 1.06. The van der Waals surface area contributed by atoms with Gasteiger partial charge in [-0.25, -0.2) is 4.98 Å². The third kappa shape index (κ3) is 2.60. The Kier molecular flexibility index (Phi) is 3.59. The monoisotopic (exact) mass is 277 g/mol. The molecule has 0 aliphatic carbocycles. The van der Waals surface area contributed by atoms with Gasteiger partial charge in [-0.15, -0.1) is 0 Å². The molecule has 3 nitrogen and oxygen atoms in total. The van der Waals surface area contributed by atoms with E-state index in [-0.39, 0.29) is 0 Å². The minimum absolute atomic E-state index is 0.547. The molecule has 0 aliphatic heterocycles. The van der Waals surface area contributed by atoms with Gasteiger partial charge in [0.15, 0.2) is 0 Å². The fourth-order valence-electron chi connectivity index (χ4n) is 2.57. The van der Waals surface area contributed by atoms with Gasteiger partial charge in [0.25, 0.3) is 0 Å². The zero-order valence-electron chi connectivity index (χ0n) is 12.4. The summed E-state index contributed by atoms with van der Waals surface area (Å²) < 4.78 is 0. The summed E-state index contributed by atoms with van der Waals surface area (Å²) in [4.78, 5) is 6.91. The molecule has 0 saturated carbocycles. The molecule has 0 atom stereocenters. The third-order valence-electron chi connectivity index (χ3n) is 3.74. The van der Waals surface area contributed by atoms with Crippen LogP contribution in [0.1, 0.15) is 11.1 Å². The summed E-state index contributed by atoms with van der Waals surface area (Å²) in [7, 11) is 2.04. The van der Waals surface area contributed by atoms with Gasteiger partial charge in [-0.1, -0.05) is 30.3 Å². The number of aromatic nitrogens is 1. The molecular formula is C18H19N3. The lowest BCUT2D eigenvalue weighted by Crippen LogP contribution is -2.13. The summed E-state index contributed by atoms with van der Waals surface area (Å²) in [6.45, 7) is 2.64. The minimum Gasteiger partial charge on any atom is -0.329 e. The molecule has 21 heavy (non-hydrogen) atoms. The maximum absolute atomic E-state index is 5.73. The fraction of sp³-hybridized carbons (Fsp3) is 0.167. The summed E-state index contributed by atoms with van der Waals surface area (Å²) in [6.07, 6.45) is 0. The van der Waals surface area contributed by atoms with Crippen LogP contribution in [0, 0.1) is 6.92 Å². The average Bonchev–Trinajstić information content (AvgIpc) is 2.53. The maximum Gasteiger partial charge on any atom is 0.136 e. The summed E-state index contributed by atoms with van der Waals surface area (Å²) in [5, 5.41) is 1.17. The van der Waals surface area contributed by atoms with Crippen LogP contribution < -0.4 is 10.6 Å². The van der Waals surface area contributed by atoms with Gasteiger partial charge in [0, 0.05) is 24.7 Å². The molecule has 106 valence electrons. The minimum atomic E-state index is 0.547. The Balaban J connectivity index is 2.08. The molecule has 3 rings (SSSR count). The number of hydrogen-bond donors (Lipinski definition) is 1. The standard InChI is InChI=1S/C18H19N3/c1-13-10-15-7-3-4-9-17(15)20-18(13)21(2)16-8-5-6-14(11-16)12-19/h3-11H,12,19H2,1-2H3. The molecule has 1 aromatic heterocycles. The zero-order valence-corrected chi connectivity index (χ0v) is 12.4. The highest BCUT2D eigenvalue weighted by Crippen LogP contribution is 2.28. The number of para-hydroxylation sites is 1. The molecule has 0 fully saturated rings. The number of benzene rings is 2. The Hall–Kier alpha value is -2.39. The molecule has 2 N–H and O–H groups in total.